The molecule has 0 saturated heterocycles. The second-order valence-electron chi connectivity index (χ2n) is 3.07. The average Bonchev–Trinajstić information content (AvgIpc) is 2.27. The molecule has 1 N–H and O–H groups in total. The predicted octanol–water partition coefficient (Wildman–Crippen LogP) is 1.63. The van der Waals surface area contributed by atoms with Crippen molar-refractivity contribution in [3.05, 3.63) is 18.1 Å². The van der Waals surface area contributed by atoms with Crippen LogP contribution in [-0.2, 0) is 4.74 Å². The number of aromatic nitrogens is 2. The molecule has 0 spiro atoms. The second kappa shape index (κ2) is 5.46. The number of hydrogen-bond acceptors (Lipinski definition) is 5. The number of halogens is 3. The molecule has 0 amide bonds. The molecule has 1 heterocycles. The molecule has 0 saturated carbocycles. The van der Waals surface area contributed by atoms with E-state index in [0.29, 0.717) is 0 Å². The molecular formula is C9H10F3N3O2. The van der Waals surface area contributed by atoms with E-state index in [1.54, 1.807) is 0 Å². The molecule has 0 aromatic carbocycles. The van der Waals surface area contributed by atoms with Crippen molar-refractivity contribution in [3.63, 3.8) is 0 Å². The van der Waals surface area contributed by atoms with Crippen LogP contribution in [0.1, 0.15) is 16.9 Å². The summed E-state index contributed by atoms with van der Waals surface area (Å²) in [7, 11) is 1.17. The summed E-state index contributed by atoms with van der Waals surface area (Å²) in [4.78, 5) is 18.5. The lowest BCUT2D eigenvalue weighted by Crippen LogP contribution is -2.16. The highest BCUT2D eigenvalue weighted by molar-refractivity contribution is 5.87. The fourth-order valence-corrected chi connectivity index (χ4v) is 0.986. The minimum atomic E-state index is -4.24. The lowest BCUT2D eigenvalue weighted by atomic mass is 10.4. The first-order chi connectivity index (χ1) is 7.92. The van der Waals surface area contributed by atoms with Crippen molar-refractivity contribution < 1.29 is 22.7 Å². The van der Waals surface area contributed by atoms with E-state index in [2.05, 4.69) is 20.0 Å². The van der Waals surface area contributed by atoms with Gasteiger partial charge in [-0.3, -0.25) is 4.98 Å². The maximum absolute atomic E-state index is 11.9. The monoisotopic (exact) mass is 249 g/mol. The molecule has 0 atom stereocenters. The van der Waals surface area contributed by atoms with Gasteiger partial charge < -0.3 is 10.1 Å². The van der Waals surface area contributed by atoms with Crippen molar-refractivity contribution in [2.24, 2.45) is 0 Å². The normalized spacial score (nSPS) is 11.1. The predicted molar refractivity (Wildman–Crippen MR) is 52.5 cm³/mol. The third kappa shape index (κ3) is 4.66. The standard InChI is InChI=1S/C9H10F3N3O2/c1-17-8(16)6-4-13-5-7(15-6)14-3-2-9(10,11)12/h4-5H,2-3H2,1H3,(H,14,15). The van der Waals surface area contributed by atoms with E-state index in [-0.39, 0.29) is 18.1 Å². The van der Waals surface area contributed by atoms with Gasteiger partial charge in [0.15, 0.2) is 5.69 Å². The Balaban J connectivity index is 2.57. The second-order valence-corrected chi connectivity index (χ2v) is 3.07. The fourth-order valence-electron chi connectivity index (χ4n) is 0.986. The van der Waals surface area contributed by atoms with Gasteiger partial charge in [-0.25, -0.2) is 9.78 Å². The smallest absolute Gasteiger partial charge is 0.390 e. The number of anilines is 1. The van der Waals surface area contributed by atoms with Crippen molar-refractivity contribution in [3.8, 4) is 0 Å². The molecule has 8 heteroatoms. The molecule has 1 aromatic heterocycles. The molecule has 0 fully saturated rings. The maximum atomic E-state index is 11.9. The van der Waals surface area contributed by atoms with Crippen molar-refractivity contribution in [2.45, 2.75) is 12.6 Å². The largest absolute Gasteiger partial charge is 0.464 e. The Kier molecular flexibility index (Phi) is 4.24. The van der Waals surface area contributed by atoms with Gasteiger partial charge in [0.2, 0.25) is 0 Å². The Morgan fingerprint density at radius 2 is 2.18 bits per heavy atom. The van der Waals surface area contributed by atoms with E-state index >= 15 is 0 Å². The molecule has 0 aliphatic heterocycles. The van der Waals surface area contributed by atoms with Gasteiger partial charge in [-0.15, -0.1) is 0 Å². The summed E-state index contributed by atoms with van der Waals surface area (Å²) in [6.07, 6.45) is -2.83. The zero-order chi connectivity index (χ0) is 12.9. The number of carbonyl (C=O) groups is 1. The highest BCUT2D eigenvalue weighted by Gasteiger charge is 2.26. The zero-order valence-electron chi connectivity index (χ0n) is 8.91. The van der Waals surface area contributed by atoms with E-state index in [1.165, 1.54) is 19.5 Å². The van der Waals surface area contributed by atoms with Crippen LogP contribution in [0, 0.1) is 0 Å². The lowest BCUT2D eigenvalue weighted by molar-refractivity contribution is -0.131. The van der Waals surface area contributed by atoms with E-state index in [9.17, 15) is 18.0 Å². The Bertz CT molecular complexity index is 395. The molecular weight excluding hydrogens is 239 g/mol. The van der Waals surface area contributed by atoms with Crippen LogP contribution in [0.5, 0.6) is 0 Å². The van der Waals surface area contributed by atoms with Crippen LogP contribution in [0.2, 0.25) is 0 Å². The number of nitrogens with zero attached hydrogens (tertiary/aromatic N) is 2. The summed E-state index contributed by atoms with van der Waals surface area (Å²) in [6.45, 7) is -0.331. The Morgan fingerprint density at radius 3 is 2.76 bits per heavy atom. The Labute approximate surface area is 95.0 Å². The van der Waals surface area contributed by atoms with Crippen LogP contribution in [0.15, 0.2) is 12.4 Å². The Morgan fingerprint density at radius 1 is 1.47 bits per heavy atom. The number of carbonyl (C=O) groups excluding carboxylic acids is 1. The molecule has 17 heavy (non-hydrogen) atoms. The summed E-state index contributed by atoms with van der Waals surface area (Å²) >= 11 is 0. The average molecular weight is 249 g/mol. The van der Waals surface area contributed by atoms with Crippen LogP contribution >= 0.6 is 0 Å². The van der Waals surface area contributed by atoms with Gasteiger partial charge in [0, 0.05) is 6.54 Å². The van der Waals surface area contributed by atoms with Crippen molar-refractivity contribution in [1.82, 2.24) is 9.97 Å². The molecule has 0 bridgehead atoms. The molecule has 0 unspecified atom stereocenters. The van der Waals surface area contributed by atoms with E-state index in [0.717, 1.165) is 0 Å². The first-order valence-electron chi connectivity index (χ1n) is 4.63. The minimum Gasteiger partial charge on any atom is -0.464 e. The number of hydrogen-bond donors (Lipinski definition) is 1. The third-order valence-corrected chi connectivity index (χ3v) is 1.74. The highest BCUT2D eigenvalue weighted by atomic mass is 19.4. The number of alkyl halides is 3. The summed E-state index contributed by atoms with van der Waals surface area (Å²) in [6, 6.07) is 0. The number of methoxy groups -OCH3 is 1. The minimum absolute atomic E-state index is 0.0653. The number of rotatable bonds is 4. The van der Waals surface area contributed by atoms with Gasteiger partial charge in [-0.05, 0) is 0 Å². The van der Waals surface area contributed by atoms with Gasteiger partial charge in [-0.2, -0.15) is 13.2 Å². The zero-order valence-corrected chi connectivity index (χ0v) is 8.91. The van der Waals surface area contributed by atoms with E-state index in [1.807, 2.05) is 0 Å². The highest BCUT2D eigenvalue weighted by Crippen LogP contribution is 2.19. The van der Waals surface area contributed by atoms with Crippen LogP contribution in [-0.4, -0.2) is 35.8 Å². The first-order valence-corrected chi connectivity index (χ1v) is 4.63. The molecule has 5 nitrogen and oxygen atoms in total. The molecule has 1 rings (SSSR count). The Hall–Kier alpha value is -1.86. The lowest BCUT2D eigenvalue weighted by Gasteiger charge is -2.08. The van der Waals surface area contributed by atoms with Crippen molar-refractivity contribution >= 4 is 11.8 Å². The van der Waals surface area contributed by atoms with Crippen LogP contribution < -0.4 is 5.32 Å². The number of esters is 1. The SMILES string of the molecule is COC(=O)c1cncc(NCCC(F)(F)F)n1. The molecule has 0 aliphatic rings. The fraction of sp³-hybridized carbons (Fsp3) is 0.444. The molecule has 94 valence electrons. The van der Waals surface area contributed by atoms with E-state index in [4.69, 9.17) is 0 Å². The number of ether oxygens (including phenoxy) is 1. The molecule has 0 aliphatic carbocycles. The van der Waals surface area contributed by atoms with Gasteiger partial charge in [-0.1, -0.05) is 0 Å². The summed E-state index contributed by atoms with van der Waals surface area (Å²) in [5.41, 5.74) is -0.0653. The van der Waals surface area contributed by atoms with Gasteiger partial charge in [0.05, 0.1) is 25.9 Å². The van der Waals surface area contributed by atoms with Crippen molar-refractivity contribution in [2.75, 3.05) is 19.0 Å². The quantitative estimate of drug-likeness (QED) is 0.821. The summed E-state index contributed by atoms with van der Waals surface area (Å²) in [5, 5.41) is 2.42. The van der Waals surface area contributed by atoms with Crippen molar-refractivity contribution in [1.29, 1.82) is 0 Å². The van der Waals surface area contributed by atoms with Crippen LogP contribution in [0.25, 0.3) is 0 Å². The summed E-state index contributed by atoms with van der Waals surface area (Å²) in [5.74, 6) is -0.603. The number of nitrogens with one attached hydrogen (secondary N) is 1. The first kappa shape index (κ1) is 13.2. The van der Waals surface area contributed by atoms with Gasteiger partial charge >= 0.3 is 12.1 Å². The van der Waals surface area contributed by atoms with Crippen LogP contribution in [0.4, 0.5) is 19.0 Å². The van der Waals surface area contributed by atoms with Gasteiger partial charge in [0.25, 0.3) is 0 Å². The third-order valence-electron chi connectivity index (χ3n) is 1.74. The molecule has 1 aromatic rings. The topological polar surface area (TPSA) is 64.1 Å². The van der Waals surface area contributed by atoms with E-state index < -0.39 is 18.6 Å². The van der Waals surface area contributed by atoms with Gasteiger partial charge in [0.1, 0.15) is 5.82 Å². The van der Waals surface area contributed by atoms with Crippen LogP contribution in [0.3, 0.4) is 0 Å². The summed E-state index contributed by atoms with van der Waals surface area (Å²) < 4.78 is 40.0. The molecule has 0 radical (unpaired) electrons. The maximum Gasteiger partial charge on any atom is 0.390 e.